The number of aromatic nitrogens is 3. The second kappa shape index (κ2) is 6.40. The largest absolute Gasteiger partial charge is 0.326 e. The van der Waals surface area contributed by atoms with Crippen molar-refractivity contribution >= 4 is 24.8 Å². The molecule has 0 fully saturated rings. The quantitative estimate of drug-likeness (QED) is 0.876. The Morgan fingerprint density at radius 1 is 1.27 bits per heavy atom. The fraction of sp³-hybridized carbons (Fsp3) is 0.111. The van der Waals surface area contributed by atoms with E-state index < -0.39 is 0 Å². The molecule has 0 aliphatic rings. The third-order valence-corrected chi connectivity index (χ3v) is 1.81. The van der Waals surface area contributed by atoms with Crippen LogP contribution in [0.1, 0.15) is 5.56 Å². The first-order valence-electron chi connectivity index (χ1n) is 4.03. The number of rotatable bonds is 2. The maximum Gasteiger partial charge on any atom is 0.138 e. The molecule has 0 amide bonds. The topological polar surface area (TPSA) is 56.7 Å². The molecule has 0 bridgehead atoms. The van der Waals surface area contributed by atoms with Crippen LogP contribution < -0.4 is 5.73 Å². The lowest BCUT2D eigenvalue weighted by atomic mass is 10.2. The first kappa shape index (κ1) is 13.9. The third-order valence-electron chi connectivity index (χ3n) is 1.81. The first-order chi connectivity index (χ1) is 6.40. The summed E-state index contributed by atoms with van der Waals surface area (Å²) in [6, 6.07) is 3.85. The molecule has 2 heterocycles. The summed E-state index contributed by atoms with van der Waals surface area (Å²) in [7, 11) is 0. The predicted octanol–water partition coefficient (Wildman–Crippen LogP) is 1.57. The molecule has 4 nitrogen and oxygen atoms in total. The summed E-state index contributed by atoms with van der Waals surface area (Å²) in [4.78, 5) is 8.14. The molecule has 0 radical (unpaired) electrons. The van der Waals surface area contributed by atoms with Gasteiger partial charge in [0.1, 0.15) is 12.1 Å². The Kier molecular flexibility index (Phi) is 5.93. The molecule has 0 unspecified atom stereocenters. The van der Waals surface area contributed by atoms with Gasteiger partial charge in [-0.3, -0.25) is 4.57 Å². The number of pyridine rings is 1. The minimum absolute atomic E-state index is 0. The highest BCUT2D eigenvalue weighted by Gasteiger charge is 1.96. The van der Waals surface area contributed by atoms with Gasteiger partial charge in [0.25, 0.3) is 0 Å². The first-order valence-corrected chi connectivity index (χ1v) is 4.03. The zero-order valence-electron chi connectivity index (χ0n) is 7.91. The van der Waals surface area contributed by atoms with E-state index in [4.69, 9.17) is 5.73 Å². The van der Waals surface area contributed by atoms with Crippen molar-refractivity contribution in [2.45, 2.75) is 6.54 Å². The van der Waals surface area contributed by atoms with Gasteiger partial charge in [-0.2, -0.15) is 0 Å². The number of nitrogens with zero attached hydrogens (tertiary/aromatic N) is 3. The molecule has 0 aliphatic heterocycles. The van der Waals surface area contributed by atoms with Gasteiger partial charge in [-0.15, -0.1) is 24.8 Å². The Hall–Kier alpha value is -1.10. The Morgan fingerprint density at radius 2 is 2.07 bits per heavy atom. The molecule has 6 heteroatoms. The Morgan fingerprint density at radius 3 is 2.67 bits per heavy atom. The van der Waals surface area contributed by atoms with Gasteiger partial charge < -0.3 is 5.73 Å². The van der Waals surface area contributed by atoms with Crippen LogP contribution in [0, 0.1) is 0 Å². The minimum Gasteiger partial charge on any atom is -0.326 e. The highest BCUT2D eigenvalue weighted by molar-refractivity contribution is 5.85. The Bertz CT molecular complexity index is 389. The van der Waals surface area contributed by atoms with Crippen LogP contribution in [0.2, 0.25) is 0 Å². The van der Waals surface area contributed by atoms with Crippen molar-refractivity contribution in [1.29, 1.82) is 0 Å². The van der Waals surface area contributed by atoms with Crippen molar-refractivity contribution in [3.8, 4) is 5.82 Å². The van der Waals surface area contributed by atoms with E-state index in [9.17, 15) is 0 Å². The normalized spacial score (nSPS) is 8.87. The average molecular weight is 247 g/mol. The molecule has 2 rings (SSSR count). The minimum atomic E-state index is 0. The molecule has 2 aromatic heterocycles. The molecule has 15 heavy (non-hydrogen) atoms. The third kappa shape index (κ3) is 3.20. The summed E-state index contributed by atoms with van der Waals surface area (Å²) >= 11 is 0. The molecule has 2 aromatic rings. The lowest BCUT2D eigenvalue weighted by Crippen LogP contribution is -2.00. The van der Waals surface area contributed by atoms with Crippen LogP contribution in [0.15, 0.2) is 37.1 Å². The van der Waals surface area contributed by atoms with E-state index in [-0.39, 0.29) is 24.8 Å². The summed E-state index contributed by atoms with van der Waals surface area (Å²) in [5.41, 5.74) is 6.59. The molecule has 82 valence electrons. The zero-order chi connectivity index (χ0) is 9.10. The van der Waals surface area contributed by atoms with E-state index in [2.05, 4.69) is 9.97 Å². The van der Waals surface area contributed by atoms with E-state index in [0.29, 0.717) is 6.54 Å². The van der Waals surface area contributed by atoms with Crippen LogP contribution in [0.4, 0.5) is 0 Å². The van der Waals surface area contributed by atoms with Gasteiger partial charge in [-0.05, 0) is 17.7 Å². The van der Waals surface area contributed by atoms with Crippen molar-refractivity contribution in [3.63, 3.8) is 0 Å². The molecule has 0 aromatic carbocycles. The van der Waals surface area contributed by atoms with E-state index in [1.165, 1.54) is 0 Å². The highest BCUT2D eigenvalue weighted by Crippen LogP contribution is 2.05. The molecule has 2 N–H and O–H groups in total. The second-order valence-corrected chi connectivity index (χ2v) is 2.70. The maximum atomic E-state index is 5.52. The standard InChI is InChI=1S/C9H10N4.2ClH/c10-6-8-1-2-12-9(5-8)13-4-3-11-7-13;;/h1-5,7H,6,10H2;2*1H. The van der Waals surface area contributed by atoms with Crippen molar-refractivity contribution in [2.24, 2.45) is 5.73 Å². The van der Waals surface area contributed by atoms with Crippen LogP contribution in [0.25, 0.3) is 5.82 Å². The summed E-state index contributed by atoms with van der Waals surface area (Å²) in [5, 5.41) is 0. The number of hydrogen-bond acceptors (Lipinski definition) is 3. The number of halogens is 2. The van der Waals surface area contributed by atoms with E-state index in [0.717, 1.165) is 11.4 Å². The second-order valence-electron chi connectivity index (χ2n) is 2.70. The Balaban J connectivity index is 0.000000980. The van der Waals surface area contributed by atoms with E-state index in [1.54, 1.807) is 18.7 Å². The lowest BCUT2D eigenvalue weighted by molar-refractivity contribution is 0.969. The molecular formula is C9H12Cl2N4. The van der Waals surface area contributed by atoms with Crippen molar-refractivity contribution in [2.75, 3.05) is 0 Å². The zero-order valence-corrected chi connectivity index (χ0v) is 9.54. The SMILES string of the molecule is Cl.Cl.NCc1ccnc(-n2ccnc2)c1. The monoisotopic (exact) mass is 246 g/mol. The number of hydrogen-bond donors (Lipinski definition) is 1. The number of nitrogens with two attached hydrogens (primary N) is 1. The summed E-state index contributed by atoms with van der Waals surface area (Å²) in [6.45, 7) is 0.532. The van der Waals surface area contributed by atoms with Gasteiger partial charge in [-0.1, -0.05) is 0 Å². The van der Waals surface area contributed by atoms with Gasteiger partial charge in [-0.25, -0.2) is 9.97 Å². The number of imidazole rings is 1. The van der Waals surface area contributed by atoms with Gasteiger partial charge in [0.15, 0.2) is 0 Å². The maximum absolute atomic E-state index is 5.52. The van der Waals surface area contributed by atoms with Crippen LogP contribution in [-0.4, -0.2) is 14.5 Å². The molecule has 0 saturated carbocycles. The summed E-state index contributed by atoms with van der Waals surface area (Å²) in [6.07, 6.45) is 7.03. The molecule has 0 atom stereocenters. The van der Waals surface area contributed by atoms with Crippen LogP contribution in [0.5, 0.6) is 0 Å². The van der Waals surface area contributed by atoms with Crippen molar-refractivity contribution in [3.05, 3.63) is 42.6 Å². The molecule has 0 spiro atoms. The fourth-order valence-electron chi connectivity index (χ4n) is 1.12. The van der Waals surface area contributed by atoms with Gasteiger partial charge in [0.05, 0.1) is 0 Å². The Labute approximate surface area is 100 Å². The van der Waals surface area contributed by atoms with E-state index >= 15 is 0 Å². The fourth-order valence-corrected chi connectivity index (χ4v) is 1.12. The van der Waals surface area contributed by atoms with Crippen molar-refractivity contribution in [1.82, 2.24) is 14.5 Å². The summed E-state index contributed by atoms with van der Waals surface area (Å²) < 4.78 is 1.85. The highest BCUT2D eigenvalue weighted by atomic mass is 35.5. The van der Waals surface area contributed by atoms with Crippen molar-refractivity contribution < 1.29 is 0 Å². The smallest absolute Gasteiger partial charge is 0.138 e. The van der Waals surface area contributed by atoms with Gasteiger partial charge >= 0.3 is 0 Å². The molecule has 0 aliphatic carbocycles. The van der Waals surface area contributed by atoms with Crippen LogP contribution in [0.3, 0.4) is 0 Å². The molecular weight excluding hydrogens is 235 g/mol. The average Bonchev–Trinajstić information content (AvgIpc) is 2.71. The van der Waals surface area contributed by atoms with Crippen LogP contribution in [-0.2, 0) is 6.54 Å². The summed E-state index contributed by atoms with van der Waals surface area (Å²) in [5.74, 6) is 0.848. The van der Waals surface area contributed by atoms with Crippen LogP contribution >= 0.6 is 24.8 Å². The predicted molar refractivity (Wildman–Crippen MR) is 63.7 cm³/mol. The van der Waals surface area contributed by atoms with E-state index in [1.807, 2.05) is 22.9 Å². The van der Waals surface area contributed by atoms with Gasteiger partial charge in [0.2, 0.25) is 0 Å². The lowest BCUT2D eigenvalue weighted by Gasteiger charge is -2.02. The molecule has 0 saturated heterocycles. The van der Waals surface area contributed by atoms with Gasteiger partial charge in [0, 0.05) is 25.1 Å².